The maximum atomic E-state index is 13.5. The van der Waals surface area contributed by atoms with Crippen molar-refractivity contribution in [3.05, 3.63) is 42.4 Å². The fourth-order valence-corrected chi connectivity index (χ4v) is 2.27. The molecule has 0 saturated carbocycles. The van der Waals surface area contributed by atoms with Crippen molar-refractivity contribution in [1.29, 1.82) is 0 Å². The average molecular weight is 303 g/mol. The lowest BCUT2D eigenvalue weighted by atomic mass is 10.1. The Morgan fingerprint density at radius 1 is 1.23 bits per heavy atom. The Labute approximate surface area is 124 Å². The van der Waals surface area contributed by atoms with Crippen LogP contribution in [0.4, 0.5) is 8.78 Å². The molecule has 3 rings (SSSR count). The summed E-state index contributed by atoms with van der Waals surface area (Å²) in [6.45, 7) is 1.28. The van der Waals surface area contributed by atoms with Gasteiger partial charge in [0.1, 0.15) is 12.0 Å². The summed E-state index contributed by atoms with van der Waals surface area (Å²) in [5.41, 5.74) is 1.25. The molecule has 7 heteroatoms. The Balaban J connectivity index is 2.29. The van der Waals surface area contributed by atoms with Gasteiger partial charge in [0, 0.05) is 25.7 Å². The number of carbonyl (C=O) groups is 1. The summed E-state index contributed by atoms with van der Waals surface area (Å²) < 4.78 is 33.4. The van der Waals surface area contributed by atoms with Gasteiger partial charge in [0.2, 0.25) is 0 Å². The van der Waals surface area contributed by atoms with Crippen molar-refractivity contribution in [2.75, 3.05) is 0 Å². The Hall–Kier alpha value is -2.83. The number of nitrogens with zero attached hydrogens (tertiary/aromatic N) is 3. The number of fused-ring (bicyclic) bond motifs is 1. The predicted octanol–water partition coefficient (Wildman–Crippen LogP) is 2.84. The lowest BCUT2D eigenvalue weighted by Crippen LogP contribution is -2.01. The standard InChI is InChI=1S/C15H11F2N3O2/c1-8(21)22-12-6-20(2)15-13(12)14(18-7-19-15)9-3-4-10(16)11(17)5-9/h3-7H,1-2H3. The molecule has 0 aliphatic rings. The van der Waals surface area contributed by atoms with Crippen molar-refractivity contribution in [2.45, 2.75) is 6.92 Å². The second-order valence-corrected chi connectivity index (χ2v) is 4.75. The molecule has 1 aromatic carbocycles. The van der Waals surface area contributed by atoms with E-state index in [0.717, 1.165) is 12.1 Å². The molecule has 0 bridgehead atoms. The highest BCUT2D eigenvalue weighted by atomic mass is 19.2. The van der Waals surface area contributed by atoms with E-state index in [2.05, 4.69) is 9.97 Å². The number of hydrogen-bond acceptors (Lipinski definition) is 4. The Morgan fingerprint density at radius 2 is 2.00 bits per heavy atom. The van der Waals surface area contributed by atoms with E-state index >= 15 is 0 Å². The Bertz CT molecular complexity index is 890. The Kier molecular flexibility index (Phi) is 3.32. The van der Waals surface area contributed by atoms with Crippen LogP contribution in [-0.4, -0.2) is 20.5 Å². The van der Waals surface area contributed by atoms with E-state index in [4.69, 9.17) is 4.74 Å². The van der Waals surface area contributed by atoms with Gasteiger partial charge in [0.05, 0.1) is 11.1 Å². The van der Waals surface area contributed by atoms with E-state index in [1.54, 1.807) is 17.8 Å². The third-order valence-electron chi connectivity index (χ3n) is 3.17. The van der Waals surface area contributed by atoms with Crippen LogP contribution in [0.2, 0.25) is 0 Å². The van der Waals surface area contributed by atoms with E-state index in [0.29, 0.717) is 22.3 Å². The number of halogens is 2. The van der Waals surface area contributed by atoms with Crippen molar-refractivity contribution in [2.24, 2.45) is 7.05 Å². The lowest BCUT2D eigenvalue weighted by Gasteiger charge is -2.05. The van der Waals surface area contributed by atoms with Crippen LogP contribution >= 0.6 is 0 Å². The van der Waals surface area contributed by atoms with Crippen LogP contribution in [0.15, 0.2) is 30.7 Å². The van der Waals surface area contributed by atoms with Crippen molar-refractivity contribution in [3.63, 3.8) is 0 Å². The quantitative estimate of drug-likeness (QED) is 0.683. The van der Waals surface area contributed by atoms with Crippen LogP contribution in [0.25, 0.3) is 22.3 Å². The zero-order valence-corrected chi connectivity index (χ0v) is 11.8. The van der Waals surface area contributed by atoms with Gasteiger partial charge in [-0.1, -0.05) is 0 Å². The fraction of sp³-hybridized carbons (Fsp3) is 0.133. The van der Waals surface area contributed by atoms with Gasteiger partial charge in [0.25, 0.3) is 0 Å². The van der Waals surface area contributed by atoms with E-state index in [1.807, 2.05) is 0 Å². The maximum Gasteiger partial charge on any atom is 0.308 e. The van der Waals surface area contributed by atoms with Crippen LogP contribution in [0, 0.1) is 11.6 Å². The molecule has 0 fully saturated rings. The largest absolute Gasteiger partial charge is 0.424 e. The summed E-state index contributed by atoms with van der Waals surface area (Å²) >= 11 is 0. The van der Waals surface area contributed by atoms with Crippen LogP contribution in [0.3, 0.4) is 0 Å². The van der Waals surface area contributed by atoms with Gasteiger partial charge in [-0.05, 0) is 18.2 Å². The smallest absolute Gasteiger partial charge is 0.308 e. The van der Waals surface area contributed by atoms with Crippen LogP contribution < -0.4 is 4.74 Å². The lowest BCUT2D eigenvalue weighted by molar-refractivity contribution is -0.131. The van der Waals surface area contributed by atoms with Crippen LogP contribution in [-0.2, 0) is 11.8 Å². The first-order chi connectivity index (χ1) is 10.5. The fourth-order valence-electron chi connectivity index (χ4n) is 2.27. The van der Waals surface area contributed by atoms with Crippen molar-refractivity contribution < 1.29 is 18.3 Å². The Morgan fingerprint density at radius 3 is 2.68 bits per heavy atom. The molecule has 0 saturated heterocycles. The van der Waals surface area contributed by atoms with Gasteiger partial charge in [-0.15, -0.1) is 0 Å². The van der Waals surface area contributed by atoms with Crippen LogP contribution in [0.5, 0.6) is 5.75 Å². The van der Waals surface area contributed by atoms with E-state index in [-0.39, 0.29) is 5.75 Å². The molecule has 2 aromatic heterocycles. The molecule has 3 aromatic rings. The number of rotatable bonds is 2. The molecular weight excluding hydrogens is 292 g/mol. The molecular formula is C15H11F2N3O2. The van der Waals surface area contributed by atoms with Crippen LogP contribution in [0.1, 0.15) is 6.92 Å². The third kappa shape index (κ3) is 2.30. The molecule has 2 heterocycles. The number of aryl methyl sites for hydroxylation is 1. The topological polar surface area (TPSA) is 57.0 Å². The number of aromatic nitrogens is 3. The summed E-state index contributed by atoms with van der Waals surface area (Å²) in [5, 5.41) is 0.464. The van der Waals surface area contributed by atoms with E-state index in [9.17, 15) is 13.6 Å². The summed E-state index contributed by atoms with van der Waals surface area (Å²) in [6.07, 6.45) is 2.90. The molecule has 0 aliphatic heterocycles. The minimum absolute atomic E-state index is 0.269. The monoisotopic (exact) mass is 303 g/mol. The molecule has 0 spiro atoms. The van der Waals surface area contributed by atoms with Gasteiger partial charge in [-0.25, -0.2) is 18.7 Å². The molecule has 0 radical (unpaired) electrons. The summed E-state index contributed by atoms with van der Waals surface area (Å²) in [5.74, 6) is -2.14. The number of carbonyl (C=O) groups excluding carboxylic acids is 1. The number of hydrogen-bond donors (Lipinski definition) is 0. The van der Waals surface area contributed by atoms with Gasteiger partial charge in [-0.2, -0.15) is 0 Å². The second kappa shape index (κ2) is 5.18. The minimum atomic E-state index is -0.978. The van der Waals surface area contributed by atoms with E-state index < -0.39 is 17.6 Å². The molecule has 0 amide bonds. The van der Waals surface area contributed by atoms with Gasteiger partial charge in [-0.3, -0.25) is 4.79 Å². The maximum absolute atomic E-state index is 13.5. The second-order valence-electron chi connectivity index (χ2n) is 4.75. The highest BCUT2D eigenvalue weighted by Crippen LogP contribution is 2.34. The van der Waals surface area contributed by atoms with Gasteiger partial charge < -0.3 is 9.30 Å². The zero-order chi connectivity index (χ0) is 15.9. The molecule has 0 N–H and O–H groups in total. The third-order valence-corrected chi connectivity index (χ3v) is 3.17. The van der Waals surface area contributed by atoms with Crippen molar-refractivity contribution >= 4 is 17.0 Å². The SMILES string of the molecule is CC(=O)Oc1cn(C)c2ncnc(-c3ccc(F)c(F)c3)c12. The number of benzene rings is 1. The first-order valence-corrected chi connectivity index (χ1v) is 6.41. The summed E-state index contributed by atoms with van der Waals surface area (Å²) in [6, 6.07) is 3.47. The molecule has 22 heavy (non-hydrogen) atoms. The highest BCUT2D eigenvalue weighted by molar-refractivity contribution is 5.97. The van der Waals surface area contributed by atoms with E-state index in [1.165, 1.54) is 19.3 Å². The number of ether oxygens (including phenoxy) is 1. The molecule has 5 nitrogen and oxygen atoms in total. The molecule has 0 unspecified atom stereocenters. The minimum Gasteiger partial charge on any atom is -0.424 e. The first-order valence-electron chi connectivity index (χ1n) is 6.41. The predicted molar refractivity (Wildman–Crippen MR) is 75.2 cm³/mol. The number of esters is 1. The van der Waals surface area contributed by atoms with Crippen molar-refractivity contribution in [1.82, 2.24) is 14.5 Å². The highest BCUT2D eigenvalue weighted by Gasteiger charge is 2.18. The first kappa shape index (κ1) is 14.1. The van der Waals surface area contributed by atoms with Gasteiger partial charge in [0.15, 0.2) is 17.4 Å². The average Bonchev–Trinajstić information content (AvgIpc) is 2.78. The zero-order valence-electron chi connectivity index (χ0n) is 11.8. The van der Waals surface area contributed by atoms with Gasteiger partial charge >= 0.3 is 5.97 Å². The molecule has 0 atom stereocenters. The summed E-state index contributed by atoms with van der Waals surface area (Å²) in [7, 11) is 1.73. The molecule has 0 aliphatic carbocycles. The molecule has 112 valence electrons. The van der Waals surface area contributed by atoms with Crippen molar-refractivity contribution in [3.8, 4) is 17.0 Å². The summed E-state index contributed by atoms with van der Waals surface area (Å²) in [4.78, 5) is 19.5. The normalized spacial score (nSPS) is 10.9.